The standard InChI is InChI=1S/C42H74O15P2/c1-3-5-7-9-11-13-15-17-19-21-23-25-27-31-41(46)53-35-38(36-56-59(51,52)55-34-37(43)33-54-58(48,49)50)57-42(47)32-28-30-40(45)39(44)29-26-24-22-20-18-16-14-12-10-8-6-4-2/h6,8,12-15,18,20,24,26,37-40,43-45H,3-5,7,9-11,16-17,19,21-23,25,27-36H2,1-2H3,(H,51,52)(H2,48,49,50)/b8-6-,14-12-,15-13-,20-18-,26-24-/t37-,38+,39+,40+/m0/s1. The number of allylic oxidation sites excluding steroid dienone is 9. The van der Waals surface area contributed by atoms with Gasteiger partial charge in [-0.3, -0.25) is 23.2 Å². The summed E-state index contributed by atoms with van der Waals surface area (Å²) in [5, 5.41) is 30.5. The highest BCUT2D eigenvalue weighted by Crippen LogP contribution is 2.43. The molecular formula is C42H74O15P2. The van der Waals surface area contributed by atoms with Crippen LogP contribution in [0, 0.1) is 0 Å². The van der Waals surface area contributed by atoms with Crippen LogP contribution in [0.25, 0.3) is 0 Å². The van der Waals surface area contributed by atoms with Gasteiger partial charge in [0.2, 0.25) is 0 Å². The summed E-state index contributed by atoms with van der Waals surface area (Å²) in [6, 6.07) is 0. The van der Waals surface area contributed by atoms with E-state index in [0.29, 0.717) is 12.8 Å². The van der Waals surface area contributed by atoms with Gasteiger partial charge in [-0.15, -0.1) is 0 Å². The Morgan fingerprint density at radius 3 is 1.69 bits per heavy atom. The van der Waals surface area contributed by atoms with Crippen LogP contribution in [-0.2, 0) is 41.8 Å². The lowest BCUT2D eigenvalue weighted by atomic mass is 10.0. The fraction of sp³-hybridized carbons (Fsp3) is 0.714. The maximum Gasteiger partial charge on any atom is 0.472 e. The molecule has 0 aliphatic rings. The number of hydrogen-bond donors (Lipinski definition) is 6. The fourth-order valence-corrected chi connectivity index (χ4v) is 6.41. The maximum atomic E-state index is 12.7. The topological polar surface area (TPSA) is 236 Å². The van der Waals surface area contributed by atoms with Crippen LogP contribution in [0.15, 0.2) is 60.8 Å². The summed E-state index contributed by atoms with van der Waals surface area (Å²) >= 11 is 0. The van der Waals surface area contributed by atoms with E-state index >= 15 is 0 Å². The molecule has 0 saturated carbocycles. The molecule has 15 nitrogen and oxygen atoms in total. The quantitative estimate of drug-likeness (QED) is 0.0147. The summed E-state index contributed by atoms with van der Waals surface area (Å²) < 4.78 is 47.5. The highest BCUT2D eigenvalue weighted by Gasteiger charge is 2.28. The molecule has 17 heteroatoms. The van der Waals surface area contributed by atoms with Crippen LogP contribution in [0.3, 0.4) is 0 Å². The average molecular weight is 881 g/mol. The summed E-state index contributed by atoms with van der Waals surface area (Å²) in [7, 11) is -9.79. The largest absolute Gasteiger partial charge is 0.472 e. The van der Waals surface area contributed by atoms with Crippen LogP contribution >= 0.6 is 15.6 Å². The van der Waals surface area contributed by atoms with Crippen molar-refractivity contribution in [2.24, 2.45) is 0 Å². The van der Waals surface area contributed by atoms with Gasteiger partial charge in [0.1, 0.15) is 12.7 Å². The van der Waals surface area contributed by atoms with E-state index in [1.54, 1.807) is 6.08 Å². The number of hydrogen-bond acceptors (Lipinski definition) is 12. The molecule has 0 fully saturated rings. The van der Waals surface area contributed by atoms with Crippen LogP contribution in [0.5, 0.6) is 0 Å². The minimum absolute atomic E-state index is 0.0868. The third-order valence-electron chi connectivity index (χ3n) is 8.58. The number of carbonyl (C=O) groups is 2. The second kappa shape index (κ2) is 37.5. The minimum Gasteiger partial charge on any atom is -0.462 e. The molecular weight excluding hydrogens is 806 g/mol. The monoisotopic (exact) mass is 880 g/mol. The zero-order valence-electron chi connectivity index (χ0n) is 35.3. The number of rotatable bonds is 39. The summed E-state index contributed by atoms with van der Waals surface area (Å²) in [5.41, 5.74) is 0. The fourth-order valence-electron chi connectivity index (χ4n) is 5.25. The molecule has 0 aromatic carbocycles. The normalized spacial score (nSPS) is 15.7. The Bertz CT molecular complexity index is 1310. The molecule has 0 aliphatic heterocycles. The van der Waals surface area contributed by atoms with Crippen molar-refractivity contribution < 1.29 is 71.8 Å². The number of esters is 2. The van der Waals surface area contributed by atoms with E-state index in [2.05, 4.69) is 59.4 Å². The van der Waals surface area contributed by atoms with Crippen molar-refractivity contribution in [3.05, 3.63) is 60.8 Å². The zero-order valence-corrected chi connectivity index (χ0v) is 37.1. The van der Waals surface area contributed by atoms with E-state index in [1.807, 2.05) is 18.2 Å². The van der Waals surface area contributed by atoms with Crippen LogP contribution in [0.2, 0.25) is 0 Å². The number of ether oxygens (including phenoxy) is 2. The molecule has 0 aromatic rings. The molecule has 0 aliphatic carbocycles. The number of phosphoric acid groups is 2. The zero-order chi connectivity index (χ0) is 44.0. The SMILES string of the molecule is CC/C=C\C/C=C\C/C=C\C/C=C\C[C@@H](O)[C@H](O)CCCC(=O)O[C@H](COC(=O)CCCCCCC/C=C\CCCCCC)COP(=O)(O)OC[C@@H](O)COP(=O)(O)O. The summed E-state index contributed by atoms with van der Waals surface area (Å²) in [5.74, 6) is -1.33. The minimum atomic E-state index is -4.90. The molecule has 0 saturated heterocycles. The van der Waals surface area contributed by atoms with E-state index in [0.717, 1.165) is 57.8 Å². The summed E-state index contributed by atoms with van der Waals surface area (Å²) in [4.78, 5) is 52.7. The number of unbranched alkanes of at least 4 members (excludes halogenated alkanes) is 9. The lowest BCUT2D eigenvalue weighted by Gasteiger charge is -2.21. The molecule has 0 bridgehead atoms. The van der Waals surface area contributed by atoms with Gasteiger partial charge in [-0.2, -0.15) is 0 Å². The van der Waals surface area contributed by atoms with Crippen molar-refractivity contribution in [3.8, 4) is 0 Å². The molecule has 0 heterocycles. The van der Waals surface area contributed by atoms with E-state index in [4.69, 9.17) is 23.8 Å². The van der Waals surface area contributed by atoms with Gasteiger partial charge in [0, 0.05) is 12.8 Å². The van der Waals surface area contributed by atoms with Gasteiger partial charge in [0.25, 0.3) is 0 Å². The molecule has 1 unspecified atom stereocenters. The molecule has 59 heavy (non-hydrogen) atoms. The number of carbonyl (C=O) groups excluding carboxylic acids is 2. The van der Waals surface area contributed by atoms with Crippen molar-refractivity contribution in [1.82, 2.24) is 0 Å². The highest BCUT2D eigenvalue weighted by atomic mass is 31.2. The Balaban J connectivity index is 4.81. The Morgan fingerprint density at radius 2 is 1.08 bits per heavy atom. The van der Waals surface area contributed by atoms with E-state index < -0.39 is 78.4 Å². The van der Waals surface area contributed by atoms with Crippen molar-refractivity contribution >= 4 is 27.6 Å². The first-order valence-corrected chi connectivity index (χ1v) is 24.2. The summed E-state index contributed by atoms with van der Waals surface area (Å²) in [6.07, 6.45) is 31.0. The van der Waals surface area contributed by atoms with Crippen LogP contribution in [0.4, 0.5) is 0 Å². The Labute approximate surface area is 352 Å². The summed E-state index contributed by atoms with van der Waals surface area (Å²) in [6.45, 7) is 1.27. The van der Waals surface area contributed by atoms with Gasteiger partial charge in [-0.25, -0.2) is 9.13 Å². The molecule has 0 radical (unpaired) electrons. The van der Waals surface area contributed by atoms with Gasteiger partial charge < -0.3 is 39.5 Å². The highest BCUT2D eigenvalue weighted by molar-refractivity contribution is 7.47. The predicted molar refractivity (Wildman–Crippen MR) is 228 cm³/mol. The average Bonchev–Trinajstić information content (AvgIpc) is 3.19. The number of aliphatic hydroxyl groups is 3. The van der Waals surface area contributed by atoms with E-state index in [9.17, 15) is 38.9 Å². The molecule has 0 spiro atoms. The van der Waals surface area contributed by atoms with Gasteiger partial charge >= 0.3 is 27.6 Å². The third-order valence-corrected chi connectivity index (χ3v) is 10.0. The lowest BCUT2D eigenvalue weighted by Crippen LogP contribution is -2.30. The van der Waals surface area contributed by atoms with Crippen molar-refractivity contribution in [2.75, 3.05) is 26.4 Å². The Kier molecular flexibility index (Phi) is 36.1. The Hall–Kier alpha value is -2.26. The maximum absolute atomic E-state index is 12.7. The first-order chi connectivity index (χ1) is 28.2. The van der Waals surface area contributed by atoms with Gasteiger partial charge in [0.15, 0.2) is 6.10 Å². The van der Waals surface area contributed by atoms with Gasteiger partial charge in [0.05, 0.1) is 32.0 Å². The first-order valence-electron chi connectivity index (χ1n) is 21.1. The number of phosphoric ester groups is 2. The Morgan fingerprint density at radius 1 is 0.559 bits per heavy atom. The molecule has 0 aromatic heterocycles. The second-order valence-electron chi connectivity index (χ2n) is 14.2. The third kappa shape index (κ3) is 39.6. The smallest absolute Gasteiger partial charge is 0.462 e. The van der Waals surface area contributed by atoms with Crippen LogP contribution < -0.4 is 0 Å². The lowest BCUT2D eigenvalue weighted by molar-refractivity contribution is -0.161. The molecule has 342 valence electrons. The molecule has 0 amide bonds. The molecule has 5 atom stereocenters. The van der Waals surface area contributed by atoms with Crippen molar-refractivity contribution in [2.45, 2.75) is 167 Å². The molecule has 0 rings (SSSR count). The van der Waals surface area contributed by atoms with Crippen LogP contribution in [-0.4, -0.2) is 92.8 Å². The van der Waals surface area contributed by atoms with Gasteiger partial charge in [-0.05, 0) is 77.0 Å². The van der Waals surface area contributed by atoms with E-state index in [1.165, 1.54) is 25.7 Å². The first kappa shape index (κ1) is 56.7. The van der Waals surface area contributed by atoms with E-state index in [-0.39, 0.29) is 32.1 Å². The van der Waals surface area contributed by atoms with Gasteiger partial charge in [-0.1, -0.05) is 113 Å². The van der Waals surface area contributed by atoms with Crippen LogP contribution in [0.1, 0.15) is 142 Å². The second-order valence-corrected chi connectivity index (χ2v) is 16.9. The predicted octanol–water partition coefficient (Wildman–Crippen LogP) is 8.39. The number of aliphatic hydroxyl groups excluding tert-OH is 3. The molecule has 6 N–H and O–H groups in total. The van der Waals surface area contributed by atoms with Crippen molar-refractivity contribution in [1.29, 1.82) is 0 Å². The van der Waals surface area contributed by atoms with Crippen molar-refractivity contribution in [3.63, 3.8) is 0 Å².